The third-order valence-electron chi connectivity index (χ3n) is 1.62. The monoisotopic (exact) mass is 167 g/mol. The van der Waals surface area contributed by atoms with Gasteiger partial charge in [0.05, 0.1) is 0 Å². The maximum Gasteiger partial charge on any atom is 0.320 e. The highest BCUT2D eigenvalue weighted by Gasteiger charge is 2.10. The van der Waals surface area contributed by atoms with Crippen molar-refractivity contribution in [2.75, 3.05) is 0 Å². The van der Waals surface area contributed by atoms with Crippen molar-refractivity contribution in [3.63, 3.8) is 0 Å². The zero-order valence-electron chi connectivity index (χ0n) is 6.60. The summed E-state index contributed by atoms with van der Waals surface area (Å²) in [7, 11) is 0. The quantitative estimate of drug-likeness (QED) is 0.649. The standard InChI is InChI=1S/C9H11NO2/c10-8(9(11)12)6-7-4-2-1-3-5-7/h1-5,8H,6,10H2,(H,11,12)/i8+1,9+1. The van der Waals surface area contributed by atoms with Crippen LogP contribution in [0.15, 0.2) is 30.3 Å². The first-order chi connectivity index (χ1) is 5.70. The summed E-state index contributed by atoms with van der Waals surface area (Å²) in [5.41, 5.74) is 6.30. The van der Waals surface area contributed by atoms with Crippen molar-refractivity contribution in [2.45, 2.75) is 12.5 Å². The predicted molar refractivity (Wildman–Crippen MR) is 45.8 cm³/mol. The van der Waals surface area contributed by atoms with E-state index in [0.29, 0.717) is 6.42 Å². The maximum absolute atomic E-state index is 10.4. The van der Waals surface area contributed by atoms with Crippen LogP contribution in [0, 0.1) is 0 Å². The van der Waals surface area contributed by atoms with E-state index in [9.17, 15) is 4.79 Å². The summed E-state index contributed by atoms with van der Waals surface area (Å²) in [5, 5.41) is 8.52. The molecule has 12 heavy (non-hydrogen) atoms. The number of carbonyl (C=O) groups is 1. The molecule has 64 valence electrons. The van der Waals surface area contributed by atoms with Crippen molar-refractivity contribution in [1.29, 1.82) is 0 Å². The Morgan fingerprint density at radius 3 is 2.50 bits per heavy atom. The number of carboxylic acid groups (broad SMARTS) is 1. The Bertz CT molecular complexity index is 258. The van der Waals surface area contributed by atoms with Gasteiger partial charge < -0.3 is 10.8 Å². The second kappa shape index (κ2) is 3.88. The molecule has 0 bridgehead atoms. The molecule has 0 aromatic heterocycles. The average Bonchev–Trinajstić information content (AvgIpc) is 2.06. The molecule has 0 radical (unpaired) electrons. The van der Waals surface area contributed by atoms with Gasteiger partial charge in [0.2, 0.25) is 0 Å². The molecule has 0 aliphatic rings. The van der Waals surface area contributed by atoms with E-state index in [4.69, 9.17) is 10.8 Å². The van der Waals surface area contributed by atoms with Gasteiger partial charge >= 0.3 is 5.97 Å². The molecule has 0 heterocycles. The van der Waals surface area contributed by atoms with Crippen LogP contribution in [0.2, 0.25) is 0 Å². The van der Waals surface area contributed by atoms with Crippen LogP contribution in [0.4, 0.5) is 0 Å². The predicted octanol–water partition coefficient (Wildman–Crippen LogP) is 0.641. The zero-order chi connectivity index (χ0) is 8.97. The lowest BCUT2D eigenvalue weighted by molar-refractivity contribution is -0.138. The fourth-order valence-corrected chi connectivity index (χ4v) is 0.955. The van der Waals surface area contributed by atoms with E-state index in [1.54, 1.807) is 0 Å². The average molecular weight is 167 g/mol. The molecular formula is C9H11NO2. The van der Waals surface area contributed by atoms with Gasteiger partial charge in [-0.25, -0.2) is 0 Å². The fourth-order valence-electron chi connectivity index (χ4n) is 0.955. The van der Waals surface area contributed by atoms with E-state index in [0.717, 1.165) is 5.56 Å². The van der Waals surface area contributed by atoms with Gasteiger partial charge in [-0.3, -0.25) is 4.79 Å². The summed E-state index contributed by atoms with van der Waals surface area (Å²) >= 11 is 0. The van der Waals surface area contributed by atoms with Crippen molar-refractivity contribution in [1.82, 2.24) is 0 Å². The van der Waals surface area contributed by atoms with Crippen molar-refractivity contribution < 1.29 is 9.90 Å². The van der Waals surface area contributed by atoms with E-state index in [1.807, 2.05) is 30.3 Å². The number of aliphatic carboxylic acids is 1. The zero-order valence-corrected chi connectivity index (χ0v) is 6.60. The van der Waals surface area contributed by atoms with Gasteiger partial charge in [0.25, 0.3) is 0 Å². The highest BCUT2D eigenvalue weighted by Crippen LogP contribution is 2.01. The van der Waals surface area contributed by atoms with E-state index in [-0.39, 0.29) is 0 Å². The summed E-state index contributed by atoms with van der Waals surface area (Å²) in [5.74, 6) is -0.959. The van der Waals surface area contributed by atoms with Gasteiger partial charge in [-0.1, -0.05) is 30.3 Å². The first-order valence-corrected chi connectivity index (χ1v) is 3.72. The molecule has 1 unspecified atom stereocenters. The first kappa shape index (κ1) is 8.74. The molecule has 1 aromatic rings. The molecule has 0 fully saturated rings. The third-order valence-corrected chi connectivity index (χ3v) is 1.62. The number of carboxylic acids is 1. The molecule has 3 N–H and O–H groups in total. The van der Waals surface area contributed by atoms with Crippen LogP contribution in [0.1, 0.15) is 5.56 Å². The molecule has 3 nitrogen and oxygen atoms in total. The highest BCUT2D eigenvalue weighted by atomic mass is 16.5. The van der Waals surface area contributed by atoms with E-state index < -0.39 is 12.0 Å². The minimum atomic E-state index is -0.959. The second-order valence-corrected chi connectivity index (χ2v) is 2.63. The largest absolute Gasteiger partial charge is 0.480 e. The van der Waals surface area contributed by atoms with Gasteiger partial charge in [-0.2, -0.15) is 0 Å². The Kier molecular flexibility index (Phi) is 2.82. The Balaban J connectivity index is 2.58. The van der Waals surface area contributed by atoms with Crippen LogP contribution in [0.5, 0.6) is 0 Å². The molecule has 0 saturated carbocycles. The topological polar surface area (TPSA) is 63.3 Å². The number of nitrogens with two attached hydrogens (primary N) is 1. The number of rotatable bonds is 3. The molecule has 3 heteroatoms. The summed E-state index contributed by atoms with van der Waals surface area (Å²) < 4.78 is 0. The molecule has 1 rings (SSSR count). The smallest absolute Gasteiger partial charge is 0.320 e. The second-order valence-electron chi connectivity index (χ2n) is 2.63. The molecule has 0 aliphatic carbocycles. The molecule has 0 aliphatic heterocycles. The number of benzene rings is 1. The van der Waals surface area contributed by atoms with Crippen molar-refractivity contribution >= 4 is 5.97 Å². The highest BCUT2D eigenvalue weighted by molar-refractivity contribution is 5.73. The lowest BCUT2D eigenvalue weighted by Crippen LogP contribution is -2.32. The molecule has 0 saturated heterocycles. The summed E-state index contributed by atoms with van der Waals surface area (Å²) in [6, 6.07) is 8.54. The maximum atomic E-state index is 10.4. The Hall–Kier alpha value is -1.35. The number of hydrogen-bond donors (Lipinski definition) is 2. The third kappa shape index (κ3) is 2.36. The molecule has 1 aromatic carbocycles. The van der Waals surface area contributed by atoms with Crippen molar-refractivity contribution in [2.24, 2.45) is 5.73 Å². The molecule has 0 amide bonds. The van der Waals surface area contributed by atoms with Crippen molar-refractivity contribution in [3.8, 4) is 0 Å². The van der Waals surface area contributed by atoms with Crippen LogP contribution in [0.3, 0.4) is 0 Å². The molecule has 1 atom stereocenters. The van der Waals surface area contributed by atoms with E-state index in [1.165, 1.54) is 0 Å². The van der Waals surface area contributed by atoms with E-state index in [2.05, 4.69) is 0 Å². The minimum Gasteiger partial charge on any atom is -0.480 e. The number of hydrogen-bond acceptors (Lipinski definition) is 2. The van der Waals surface area contributed by atoms with Crippen LogP contribution in [0.25, 0.3) is 0 Å². The normalized spacial score (nSPS) is 12.4. The lowest BCUT2D eigenvalue weighted by atomic mass is 10.2. The van der Waals surface area contributed by atoms with Crippen molar-refractivity contribution in [3.05, 3.63) is 35.9 Å². The van der Waals surface area contributed by atoms with Crippen LogP contribution in [-0.4, -0.2) is 17.1 Å². The fraction of sp³-hybridized carbons (Fsp3) is 0.222. The van der Waals surface area contributed by atoms with Crippen LogP contribution >= 0.6 is 0 Å². The van der Waals surface area contributed by atoms with Crippen LogP contribution < -0.4 is 5.73 Å². The molecular weight excluding hydrogens is 156 g/mol. The lowest BCUT2D eigenvalue weighted by Gasteiger charge is -2.04. The first-order valence-electron chi connectivity index (χ1n) is 3.72. The van der Waals surface area contributed by atoms with Gasteiger partial charge in [0, 0.05) is 0 Å². The molecule has 0 spiro atoms. The SMILES string of the molecule is N[13CH](Cc1ccccc1)[13C](=O)O. The summed E-state index contributed by atoms with van der Waals surface area (Å²) in [6.07, 6.45) is 0.385. The van der Waals surface area contributed by atoms with Gasteiger partial charge in [0.1, 0.15) is 6.04 Å². The van der Waals surface area contributed by atoms with Gasteiger partial charge in [-0.05, 0) is 12.0 Å². The van der Waals surface area contributed by atoms with E-state index >= 15 is 0 Å². The minimum absolute atomic E-state index is 0.385. The summed E-state index contributed by atoms with van der Waals surface area (Å²) in [6.45, 7) is 0. The van der Waals surface area contributed by atoms with Crippen LogP contribution in [-0.2, 0) is 11.2 Å². The van der Waals surface area contributed by atoms with Gasteiger partial charge in [0.15, 0.2) is 0 Å². The summed E-state index contributed by atoms with van der Waals surface area (Å²) in [4.78, 5) is 10.4. The van der Waals surface area contributed by atoms with Gasteiger partial charge in [-0.15, -0.1) is 0 Å². The Morgan fingerprint density at radius 1 is 1.42 bits per heavy atom. The Labute approximate surface area is 70.8 Å². The Morgan fingerprint density at radius 2 is 2.00 bits per heavy atom.